The van der Waals surface area contributed by atoms with E-state index in [0.29, 0.717) is 57.1 Å². The molecule has 138 valence electrons. The van der Waals surface area contributed by atoms with Crippen molar-refractivity contribution in [3.8, 4) is 0 Å². The molecule has 6 nitrogen and oxygen atoms in total. The number of benzene rings is 1. The zero-order valence-corrected chi connectivity index (χ0v) is 14.9. The second kappa shape index (κ2) is 9.48. The monoisotopic (exact) mass is 351 g/mol. The maximum atomic E-state index is 14.2. The SMILES string of the molecule is COCCCNC(=O)CN1CCN(c2ccc(C(C)=O)cc2F)CC1. The lowest BCUT2D eigenvalue weighted by atomic mass is 10.1. The van der Waals surface area contributed by atoms with E-state index in [2.05, 4.69) is 10.2 Å². The summed E-state index contributed by atoms with van der Waals surface area (Å²) in [7, 11) is 1.64. The molecule has 0 radical (unpaired) electrons. The summed E-state index contributed by atoms with van der Waals surface area (Å²) in [5, 5.41) is 2.87. The van der Waals surface area contributed by atoms with Crippen LogP contribution in [0.15, 0.2) is 18.2 Å². The summed E-state index contributed by atoms with van der Waals surface area (Å²) < 4.78 is 19.2. The molecule has 0 spiro atoms. The molecule has 1 heterocycles. The van der Waals surface area contributed by atoms with E-state index < -0.39 is 0 Å². The van der Waals surface area contributed by atoms with Gasteiger partial charge in [-0.3, -0.25) is 14.5 Å². The van der Waals surface area contributed by atoms with Gasteiger partial charge in [-0.1, -0.05) is 0 Å². The van der Waals surface area contributed by atoms with E-state index in [0.717, 1.165) is 6.42 Å². The number of methoxy groups -OCH3 is 1. The Hall–Kier alpha value is -1.99. The molecule has 1 amide bonds. The van der Waals surface area contributed by atoms with Gasteiger partial charge in [0, 0.05) is 52.0 Å². The number of ether oxygens (including phenoxy) is 1. The van der Waals surface area contributed by atoms with Crippen molar-refractivity contribution in [2.45, 2.75) is 13.3 Å². The number of amides is 1. The van der Waals surface area contributed by atoms with Gasteiger partial charge in [0.1, 0.15) is 5.82 Å². The van der Waals surface area contributed by atoms with Gasteiger partial charge in [0.25, 0.3) is 0 Å². The Bertz CT molecular complexity index is 601. The first kappa shape index (κ1) is 19.3. The predicted octanol–water partition coefficient (Wildman–Crippen LogP) is 1.30. The number of halogens is 1. The molecular weight excluding hydrogens is 325 g/mol. The van der Waals surface area contributed by atoms with Gasteiger partial charge in [-0.05, 0) is 31.5 Å². The van der Waals surface area contributed by atoms with Crippen LogP contribution in [0.1, 0.15) is 23.7 Å². The number of carbonyl (C=O) groups is 2. The zero-order valence-electron chi connectivity index (χ0n) is 14.9. The first-order valence-electron chi connectivity index (χ1n) is 8.54. The fourth-order valence-electron chi connectivity index (χ4n) is 2.83. The van der Waals surface area contributed by atoms with Crippen molar-refractivity contribution in [3.05, 3.63) is 29.6 Å². The number of carbonyl (C=O) groups excluding carboxylic acids is 2. The number of hydrogen-bond donors (Lipinski definition) is 1. The van der Waals surface area contributed by atoms with Crippen molar-refractivity contribution in [3.63, 3.8) is 0 Å². The van der Waals surface area contributed by atoms with E-state index in [1.54, 1.807) is 19.2 Å². The van der Waals surface area contributed by atoms with Gasteiger partial charge in [-0.2, -0.15) is 0 Å². The molecule has 7 heteroatoms. The van der Waals surface area contributed by atoms with Gasteiger partial charge in [-0.25, -0.2) is 4.39 Å². The number of ketones is 1. The van der Waals surface area contributed by atoms with Crippen LogP contribution in [0.5, 0.6) is 0 Å². The molecular formula is C18H26FN3O3. The normalized spacial score (nSPS) is 15.2. The fourth-order valence-corrected chi connectivity index (χ4v) is 2.83. The van der Waals surface area contributed by atoms with E-state index in [1.165, 1.54) is 13.0 Å². The standard InChI is InChI=1S/C18H26FN3O3/c1-14(23)15-4-5-17(16(19)12-15)22-9-7-21(8-10-22)13-18(24)20-6-3-11-25-2/h4-5,12H,3,6-11,13H2,1-2H3,(H,20,24). The number of piperazine rings is 1. The van der Waals surface area contributed by atoms with E-state index >= 15 is 0 Å². The van der Waals surface area contributed by atoms with Crippen molar-refractivity contribution in [1.82, 2.24) is 10.2 Å². The Morgan fingerprint density at radius 3 is 2.56 bits per heavy atom. The summed E-state index contributed by atoms with van der Waals surface area (Å²) in [4.78, 5) is 27.2. The number of rotatable bonds is 8. The first-order valence-corrected chi connectivity index (χ1v) is 8.54. The number of nitrogens with zero attached hydrogens (tertiary/aromatic N) is 2. The molecule has 0 aromatic heterocycles. The average Bonchev–Trinajstić information content (AvgIpc) is 2.59. The minimum absolute atomic E-state index is 0.00143. The molecule has 1 fully saturated rings. The molecule has 2 rings (SSSR count). The number of nitrogens with one attached hydrogen (secondary N) is 1. The number of Topliss-reactive ketones (excluding diaryl/α,β-unsaturated/α-hetero) is 1. The highest BCUT2D eigenvalue weighted by molar-refractivity contribution is 5.94. The zero-order chi connectivity index (χ0) is 18.2. The second-order valence-corrected chi connectivity index (χ2v) is 6.18. The summed E-state index contributed by atoms with van der Waals surface area (Å²) >= 11 is 0. The van der Waals surface area contributed by atoms with Crippen LogP contribution < -0.4 is 10.2 Å². The van der Waals surface area contributed by atoms with Crippen LogP contribution in [0.2, 0.25) is 0 Å². The molecule has 1 N–H and O–H groups in total. The summed E-state index contributed by atoms with van der Waals surface area (Å²) in [6.45, 7) is 5.70. The van der Waals surface area contributed by atoms with Crippen LogP contribution in [-0.4, -0.2) is 69.6 Å². The third-order valence-corrected chi connectivity index (χ3v) is 4.28. The Labute approximate surface area is 147 Å². The maximum Gasteiger partial charge on any atom is 0.234 e. The Morgan fingerprint density at radius 1 is 1.24 bits per heavy atom. The highest BCUT2D eigenvalue weighted by atomic mass is 19.1. The van der Waals surface area contributed by atoms with Crippen LogP contribution in [0, 0.1) is 5.82 Å². The molecule has 1 aliphatic rings. The van der Waals surface area contributed by atoms with Crippen molar-refractivity contribution in [2.24, 2.45) is 0 Å². The van der Waals surface area contributed by atoms with Crippen LogP contribution >= 0.6 is 0 Å². The molecule has 1 aliphatic heterocycles. The highest BCUT2D eigenvalue weighted by Gasteiger charge is 2.21. The van der Waals surface area contributed by atoms with E-state index in [9.17, 15) is 14.0 Å². The minimum Gasteiger partial charge on any atom is -0.385 e. The molecule has 0 bridgehead atoms. The van der Waals surface area contributed by atoms with Gasteiger partial charge in [0.15, 0.2) is 5.78 Å². The van der Waals surface area contributed by atoms with E-state index in [1.807, 2.05) is 4.90 Å². The predicted molar refractivity (Wildman–Crippen MR) is 94.6 cm³/mol. The highest BCUT2D eigenvalue weighted by Crippen LogP contribution is 2.22. The molecule has 0 atom stereocenters. The molecule has 25 heavy (non-hydrogen) atoms. The summed E-state index contributed by atoms with van der Waals surface area (Å²) in [6, 6.07) is 4.60. The van der Waals surface area contributed by atoms with E-state index in [-0.39, 0.29) is 17.5 Å². The van der Waals surface area contributed by atoms with Crippen molar-refractivity contribution in [1.29, 1.82) is 0 Å². The lowest BCUT2D eigenvalue weighted by Gasteiger charge is -2.35. The number of hydrogen-bond acceptors (Lipinski definition) is 5. The molecule has 0 saturated carbocycles. The third kappa shape index (κ3) is 5.79. The summed E-state index contributed by atoms with van der Waals surface area (Å²) in [5.74, 6) is -0.523. The van der Waals surface area contributed by atoms with Crippen molar-refractivity contribution in [2.75, 3.05) is 57.9 Å². The number of anilines is 1. The lowest BCUT2D eigenvalue weighted by Crippen LogP contribution is -2.49. The molecule has 1 saturated heterocycles. The van der Waals surface area contributed by atoms with Crippen LogP contribution in [-0.2, 0) is 9.53 Å². The Balaban J connectivity index is 1.79. The van der Waals surface area contributed by atoms with Crippen molar-refractivity contribution < 1.29 is 18.7 Å². The van der Waals surface area contributed by atoms with Gasteiger partial charge in [0.2, 0.25) is 5.91 Å². The van der Waals surface area contributed by atoms with Crippen LogP contribution in [0.4, 0.5) is 10.1 Å². The molecule has 1 aromatic carbocycles. The Morgan fingerprint density at radius 2 is 1.96 bits per heavy atom. The quantitative estimate of drug-likeness (QED) is 0.565. The fraction of sp³-hybridized carbons (Fsp3) is 0.556. The molecule has 1 aromatic rings. The van der Waals surface area contributed by atoms with Crippen LogP contribution in [0.3, 0.4) is 0 Å². The smallest absolute Gasteiger partial charge is 0.234 e. The average molecular weight is 351 g/mol. The van der Waals surface area contributed by atoms with Gasteiger partial charge < -0.3 is 15.0 Å². The minimum atomic E-state index is -0.378. The van der Waals surface area contributed by atoms with Gasteiger partial charge in [-0.15, -0.1) is 0 Å². The largest absolute Gasteiger partial charge is 0.385 e. The molecule has 0 aliphatic carbocycles. The third-order valence-electron chi connectivity index (χ3n) is 4.28. The van der Waals surface area contributed by atoms with Gasteiger partial charge in [0.05, 0.1) is 12.2 Å². The lowest BCUT2D eigenvalue weighted by molar-refractivity contribution is -0.122. The summed E-state index contributed by atoms with van der Waals surface area (Å²) in [6.07, 6.45) is 0.797. The van der Waals surface area contributed by atoms with Crippen molar-refractivity contribution >= 4 is 17.4 Å². The summed E-state index contributed by atoms with van der Waals surface area (Å²) in [5.41, 5.74) is 0.888. The van der Waals surface area contributed by atoms with Gasteiger partial charge >= 0.3 is 0 Å². The topological polar surface area (TPSA) is 61.9 Å². The van der Waals surface area contributed by atoms with E-state index in [4.69, 9.17) is 4.74 Å². The Kier molecular flexibility index (Phi) is 7.33. The first-order chi connectivity index (χ1) is 12.0. The maximum absolute atomic E-state index is 14.2. The van der Waals surface area contributed by atoms with Crippen LogP contribution in [0.25, 0.3) is 0 Å². The molecule has 0 unspecified atom stereocenters. The second-order valence-electron chi connectivity index (χ2n) is 6.18.